The Bertz CT molecular complexity index is 1870. The van der Waals surface area contributed by atoms with Gasteiger partial charge < -0.3 is 10.3 Å². The Morgan fingerprint density at radius 3 is 1.78 bits per heavy atom. The Morgan fingerprint density at radius 1 is 0.610 bits per heavy atom. The van der Waals surface area contributed by atoms with Crippen LogP contribution in [0.3, 0.4) is 0 Å². The first-order valence-corrected chi connectivity index (χ1v) is 14.2. The van der Waals surface area contributed by atoms with Gasteiger partial charge in [0.25, 0.3) is 0 Å². The normalized spacial score (nSPS) is 12.2. The number of rotatable bonds is 4. The van der Waals surface area contributed by atoms with E-state index in [1.54, 1.807) is 6.08 Å². The van der Waals surface area contributed by atoms with Gasteiger partial charge in [-0.1, -0.05) is 103 Å². The van der Waals surface area contributed by atoms with Crippen LogP contribution in [0, 0.1) is 0 Å². The summed E-state index contributed by atoms with van der Waals surface area (Å²) in [6.07, 6.45) is 5.76. The van der Waals surface area contributed by atoms with Crippen LogP contribution in [0.15, 0.2) is 146 Å². The third-order valence-corrected chi connectivity index (χ3v) is 7.60. The molecule has 200 valence electrons. The van der Waals surface area contributed by atoms with E-state index in [9.17, 15) is 0 Å². The molecule has 0 unspecified atom stereocenters. The molecule has 5 aromatic carbocycles. The lowest BCUT2D eigenvalue weighted by Gasteiger charge is -2.16. The van der Waals surface area contributed by atoms with Gasteiger partial charge in [-0.15, -0.1) is 6.58 Å². The lowest BCUT2D eigenvalue weighted by molar-refractivity contribution is 0.848. The van der Waals surface area contributed by atoms with Crippen molar-refractivity contribution in [3.05, 3.63) is 157 Å². The first-order valence-electron chi connectivity index (χ1n) is 14.2. The van der Waals surface area contributed by atoms with Gasteiger partial charge in [0, 0.05) is 28.0 Å². The number of nitrogens with zero attached hydrogens (tertiary/aromatic N) is 1. The first kappa shape index (κ1) is 26.2. The van der Waals surface area contributed by atoms with Gasteiger partial charge in [-0.25, -0.2) is 0 Å². The Labute approximate surface area is 242 Å². The van der Waals surface area contributed by atoms with Gasteiger partial charge in [0.2, 0.25) is 0 Å². The van der Waals surface area contributed by atoms with Gasteiger partial charge in [-0.3, -0.25) is 0 Å². The van der Waals surface area contributed by atoms with Crippen LogP contribution in [-0.2, 0) is 6.42 Å². The average Bonchev–Trinajstić information content (AvgIpc) is 3.36. The molecule has 41 heavy (non-hydrogen) atoms. The summed E-state index contributed by atoms with van der Waals surface area (Å²) in [5.41, 5.74) is 19.5. The van der Waals surface area contributed by atoms with Crippen molar-refractivity contribution in [1.29, 1.82) is 0 Å². The van der Waals surface area contributed by atoms with Crippen molar-refractivity contribution in [2.75, 3.05) is 0 Å². The van der Waals surface area contributed by atoms with Gasteiger partial charge in [0.15, 0.2) is 0 Å². The van der Waals surface area contributed by atoms with E-state index in [1.807, 2.05) is 6.92 Å². The van der Waals surface area contributed by atoms with Crippen molar-refractivity contribution in [3.63, 3.8) is 0 Å². The molecule has 1 aliphatic rings. The molecule has 7 rings (SSSR count). The standard InChI is InChI=1S/C36H28N2.C3H6/c37-31-19-20-36-34(24-31)33-17-4-5-18-35(33)38(36)32-16-8-15-30(23-32)29-14-7-13-28(22-29)27-12-6-11-26(21-27)25-9-2-1-3-10-25;1-3-2/h1-18,21-24H,19-20,37H2;3H,1H2,2H3. The predicted molar refractivity (Wildman–Crippen MR) is 176 cm³/mol. The first-order chi connectivity index (χ1) is 20.2. The molecule has 0 fully saturated rings. The smallest absolute Gasteiger partial charge is 0.0537 e. The third-order valence-electron chi connectivity index (χ3n) is 7.60. The molecule has 2 nitrogen and oxygen atoms in total. The molecule has 2 heteroatoms. The fourth-order valence-corrected chi connectivity index (χ4v) is 5.75. The van der Waals surface area contributed by atoms with Crippen LogP contribution in [0.4, 0.5) is 0 Å². The van der Waals surface area contributed by atoms with E-state index in [4.69, 9.17) is 5.73 Å². The second kappa shape index (κ2) is 11.6. The topological polar surface area (TPSA) is 30.9 Å². The maximum atomic E-state index is 6.24. The summed E-state index contributed by atoms with van der Waals surface area (Å²) in [6.45, 7) is 5.25. The summed E-state index contributed by atoms with van der Waals surface area (Å²) in [5.74, 6) is 0. The quantitative estimate of drug-likeness (QED) is 0.226. The number of nitrogens with two attached hydrogens (primary N) is 1. The molecular weight excluding hydrogens is 496 g/mol. The lowest BCUT2D eigenvalue weighted by Crippen LogP contribution is -2.09. The van der Waals surface area contributed by atoms with Crippen LogP contribution >= 0.6 is 0 Å². The van der Waals surface area contributed by atoms with Crippen LogP contribution in [0.25, 0.3) is 56.0 Å². The van der Waals surface area contributed by atoms with Crippen molar-refractivity contribution >= 4 is 17.0 Å². The van der Waals surface area contributed by atoms with Crippen LogP contribution < -0.4 is 5.73 Å². The van der Waals surface area contributed by atoms with Gasteiger partial charge in [-0.2, -0.15) is 0 Å². The molecule has 0 saturated heterocycles. The highest BCUT2D eigenvalue weighted by Crippen LogP contribution is 2.36. The number of para-hydroxylation sites is 1. The summed E-state index contributed by atoms with van der Waals surface area (Å²) < 4.78 is 2.42. The van der Waals surface area contributed by atoms with Crippen LogP contribution in [0.5, 0.6) is 0 Å². The van der Waals surface area contributed by atoms with E-state index in [1.165, 1.54) is 61.2 Å². The molecule has 0 radical (unpaired) electrons. The van der Waals surface area contributed by atoms with E-state index in [0.717, 1.165) is 18.5 Å². The summed E-state index contributed by atoms with van der Waals surface area (Å²) in [7, 11) is 0. The highest BCUT2D eigenvalue weighted by molar-refractivity contribution is 5.94. The minimum absolute atomic E-state index is 0.896. The molecule has 2 N–H and O–H groups in total. The SMILES string of the molecule is C=CC.NC1=Cc2c(n(-c3cccc(-c4cccc(-c5cccc(-c6ccccc6)c5)c4)c3)c3ccccc23)CC1. The van der Waals surface area contributed by atoms with Gasteiger partial charge in [0.1, 0.15) is 0 Å². The summed E-state index contributed by atoms with van der Waals surface area (Å²) in [6, 6.07) is 45.8. The average molecular weight is 531 g/mol. The molecule has 1 aliphatic carbocycles. The van der Waals surface area contributed by atoms with Gasteiger partial charge in [0.05, 0.1) is 5.52 Å². The number of aromatic nitrogens is 1. The predicted octanol–water partition coefficient (Wildman–Crippen LogP) is 10.1. The second-order valence-electron chi connectivity index (χ2n) is 10.4. The fourth-order valence-electron chi connectivity index (χ4n) is 5.75. The van der Waals surface area contributed by atoms with E-state index in [2.05, 4.69) is 145 Å². The van der Waals surface area contributed by atoms with E-state index < -0.39 is 0 Å². The number of benzene rings is 5. The van der Waals surface area contributed by atoms with E-state index in [-0.39, 0.29) is 0 Å². The zero-order valence-corrected chi connectivity index (χ0v) is 23.4. The monoisotopic (exact) mass is 530 g/mol. The second-order valence-corrected chi connectivity index (χ2v) is 10.4. The number of fused-ring (bicyclic) bond motifs is 3. The molecule has 1 aromatic heterocycles. The Hall–Kier alpha value is -5.08. The molecule has 0 atom stereocenters. The maximum absolute atomic E-state index is 6.24. The highest BCUT2D eigenvalue weighted by atomic mass is 15.0. The van der Waals surface area contributed by atoms with Crippen LogP contribution in [0.1, 0.15) is 24.6 Å². The summed E-state index contributed by atoms with van der Waals surface area (Å²) >= 11 is 0. The Morgan fingerprint density at radius 2 is 1.12 bits per heavy atom. The van der Waals surface area contributed by atoms with Crippen molar-refractivity contribution in [3.8, 4) is 39.1 Å². The fraction of sp³-hybridized carbons (Fsp3) is 0.0769. The summed E-state index contributed by atoms with van der Waals surface area (Å²) in [5, 5.41) is 1.26. The van der Waals surface area contributed by atoms with Gasteiger partial charge >= 0.3 is 0 Å². The molecule has 6 aromatic rings. The zero-order valence-electron chi connectivity index (χ0n) is 23.4. The van der Waals surface area contributed by atoms with Crippen molar-refractivity contribution in [2.24, 2.45) is 5.73 Å². The Balaban J connectivity index is 0.000000967. The highest BCUT2D eigenvalue weighted by Gasteiger charge is 2.20. The minimum atomic E-state index is 0.896. The van der Waals surface area contributed by atoms with Crippen molar-refractivity contribution in [1.82, 2.24) is 4.57 Å². The molecular formula is C39H34N2. The van der Waals surface area contributed by atoms with E-state index in [0.29, 0.717) is 0 Å². The third kappa shape index (κ3) is 5.25. The van der Waals surface area contributed by atoms with Crippen LogP contribution in [-0.4, -0.2) is 4.57 Å². The van der Waals surface area contributed by atoms with Crippen molar-refractivity contribution in [2.45, 2.75) is 19.8 Å². The zero-order chi connectivity index (χ0) is 28.2. The largest absolute Gasteiger partial charge is 0.402 e. The molecule has 0 aliphatic heterocycles. The Kier molecular flexibility index (Phi) is 7.38. The van der Waals surface area contributed by atoms with E-state index >= 15 is 0 Å². The molecule has 0 saturated carbocycles. The lowest BCUT2D eigenvalue weighted by atomic mass is 9.96. The number of hydrogen-bond acceptors (Lipinski definition) is 1. The molecule has 0 bridgehead atoms. The molecule has 0 spiro atoms. The maximum Gasteiger partial charge on any atom is 0.0537 e. The van der Waals surface area contributed by atoms with Crippen LogP contribution in [0.2, 0.25) is 0 Å². The van der Waals surface area contributed by atoms with Crippen molar-refractivity contribution < 1.29 is 0 Å². The minimum Gasteiger partial charge on any atom is -0.402 e. The number of hydrogen-bond donors (Lipinski definition) is 1. The molecule has 1 heterocycles. The van der Waals surface area contributed by atoms with Gasteiger partial charge in [-0.05, 0) is 89.6 Å². The number of allylic oxidation sites excluding steroid dienone is 2. The molecule has 0 amide bonds. The summed E-state index contributed by atoms with van der Waals surface area (Å²) in [4.78, 5) is 0.